The first kappa shape index (κ1) is 20.7. The van der Waals surface area contributed by atoms with E-state index < -0.39 is 0 Å². The van der Waals surface area contributed by atoms with Gasteiger partial charge in [0.2, 0.25) is 0 Å². The molecule has 1 aromatic heterocycles. The van der Waals surface area contributed by atoms with Crippen LogP contribution in [0.3, 0.4) is 0 Å². The molecule has 0 amide bonds. The lowest BCUT2D eigenvalue weighted by Crippen LogP contribution is -2.28. The third kappa shape index (κ3) is 3.00. The summed E-state index contributed by atoms with van der Waals surface area (Å²) in [5.74, 6) is 0.535. The molecule has 0 bridgehead atoms. The second kappa shape index (κ2) is 6.83. The first-order valence-corrected chi connectivity index (χ1v) is 9.89. The van der Waals surface area contributed by atoms with Crippen LogP contribution in [0.25, 0.3) is 11.3 Å². The molecule has 1 nitrogen and oxygen atoms in total. The molecule has 1 heteroatoms. The number of hydrogen-bond acceptors (Lipinski definition) is 1. The highest BCUT2D eigenvalue weighted by Crippen LogP contribution is 2.40. The average Bonchev–Trinajstić information content (AvgIpc) is 2.57. The predicted molar refractivity (Wildman–Crippen MR) is 115 cm³/mol. The zero-order valence-electron chi connectivity index (χ0n) is 19.0. The molecule has 0 aliphatic rings. The van der Waals surface area contributed by atoms with Crippen LogP contribution in [-0.4, -0.2) is 4.98 Å². The topological polar surface area (TPSA) is 12.9 Å². The summed E-state index contributed by atoms with van der Waals surface area (Å²) in [5, 5.41) is 0. The van der Waals surface area contributed by atoms with E-state index in [1.807, 2.05) is 0 Å². The summed E-state index contributed by atoms with van der Waals surface area (Å²) >= 11 is 0. The van der Waals surface area contributed by atoms with Crippen LogP contribution >= 0.6 is 0 Å². The second-order valence-electron chi connectivity index (χ2n) is 9.06. The van der Waals surface area contributed by atoms with Crippen LogP contribution in [0.4, 0.5) is 0 Å². The van der Waals surface area contributed by atoms with Gasteiger partial charge in [-0.2, -0.15) is 0 Å². The molecule has 0 fully saturated rings. The number of rotatable bonds is 3. The maximum atomic E-state index is 5.33. The lowest BCUT2D eigenvalue weighted by molar-refractivity contribution is 0.360. The van der Waals surface area contributed by atoms with E-state index in [1.165, 1.54) is 61.5 Å². The molecular formula is C25H37N. The van der Waals surface area contributed by atoms with Crippen molar-refractivity contribution in [2.75, 3.05) is 0 Å². The molecule has 1 heterocycles. The molecule has 1 aromatic carbocycles. The summed E-state index contributed by atoms with van der Waals surface area (Å²) in [6.07, 6.45) is 0. The van der Waals surface area contributed by atoms with Crippen molar-refractivity contribution >= 4 is 0 Å². The van der Waals surface area contributed by atoms with E-state index in [9.17, 15) is 0 Å². The van der Waals surface area contributed by atoms with E-state index in [4.69, 9.17) is 4.98 Å². The fraction of sp³-hybridized carbons (Fsp3) is 0.560. The van der Waals surface area contributed by atoms with Gasteiger partial charge < -0.3 is 0 Å². The molecule has 0 unspecified atom stereocenters. The fourth-order valence-corrected chi connectivity index (χ4v) is 3.92. The van der Waals surface area contributed by atoms with Gasteiger partial charge in [-0.25, -0.2) is 0 Å². The summed E-state index contributed by atoms with van der Waals surface area (Å²) in [6.45, 7) is 27.2. The van der Waals surface area contributed by atoms with Crippen molar-refractivity contribution in [3.05, 3.63) is 50.2 Å². The lowest BCUT2D eigenvalue weighted by atomic mass is 9.75. The highest BCUT2D eigenvalue weighted by atomic mass is 14.8. The van der Waals surface area contributed by atoms with Crippen LogP contribution in [0, 0.1) is 61.3 Å². The SMILES string of the molecule is Cc1c(-c2c(C)c(C)c(C)c(C)c2C)nc(C(C)(C)C(C)C)c(C)c1C. The first-order chi connectivity index (χ1) is 11.8. The van der Waals surface area contributed by atoms with Gasteiger partial charge in [0, 0.05) is 11.0 Å². The Balaban J connectivity index is 2.96. The molecular weight excluding hydrogens is 314 g/mol. The summed E-state index contributed by atoms with van der Waals surface area (Å²) in [6, 6.07) is 0. The number of benzene rings is 1. The van der Waals surface area contributed by atoms with Crippen molar-refractivity contribution in [2.24, 2.45) is 5.92 Å². The van der Waals surface area contributed by atoms with E-state index in [-0.39, 0.29) is 5.41 Å². The second-order valence-corrected chi connectivity index (χ2v) is 9.06. The predicted octanol–water partition coefficient (Wildman–Crippen LogP) is 7.15. The summed E-state index contributed by atoms with van der Waals surface area (Å²) in [4.78, 5) is 5.33. The zero-order valence-corrected chi connectivity index (χ0v) is 19.0. The van der Waals surface area contributed by atoms with Gasteiger partial charge in [0.1, 0.15) is 0 Å². The van der Waals surface area contributed by atoms with Crippen LogP contribution in [0.5, 0.6) is 0 Å². The number of pyridine rings is 1. The number of nitrogens with zero attached hydrogens (tertiary/aromatic N) is 1. The molecule has 2 aromatic rings. The van der Waals surface area contributed by atoms with Gasteiger partial charge in [0.15, 0.2) is 0 Å². The first-order valence-electron chi connectivity index (χ1n) is 9.89. The van der Waals surface area contributed by atoms with E-state index in [1.54, 1.807) is 0 Å². The Hall–Kier alpha value is -1.63. The minimum absolute atomic E-state index is 0.0495. The molecule has 0 aliphatic carbocycles. The normalized spacial score (nSPS) is 12.2. The molecule has 0 aliphatic heterocycles. The summed E-state index contributed by atoms with van der Waals surface area (Å²) in [7, 11) is 0. The van der Waals surface area contributed by atoms with Crippen molar-refractivity contribution in [1.82, 2.24) is 4.98 Å². The van der Waals surface area contributed by atoms with Gasteiger partial charge in [0.05, 0.1) is 11.4 Å². The standard InChI is InChI=1S/C25H37N/c1-13(2)25(11,12)24-21(10)17(6)20(9)23(26-24)22-18(7)15(4)14(3)16(5)19(22)8/h13H,1-12H3. The average molecular weight is 352 g/mol. The van der Waals surface area contributed by atoms with Crippen LogP contribution in [0.1, 0.15) is 77.9 Å². The van der Waals surface area contributed by atoms with Gasteiger partial charge in [-0.3, -0.25) is 4.98 Å². The summed E-state index contributed by atoms with van der Waals surface area (Å²) < 4.78 is 0. The van der Waals surface area contributed by atoms with Crippen LogP contribution in [-0.2, 0) is 5.41 Å². The molecule has 26 heavy (non-hydrogen) atoms. The largest absolute Gasteiger partial charge is 0.252 e. The molecule has 0 saturated heterocycles. The highest BCUT2D eigenvalue weighted by Gasteiger charge is 2.30. The Labute approximate surface area is 161 Å². The monoisotopic (exact) mass is 351 g/mol. The Morgan fingerprint density at radius 1 is 0.577 bits per heavy atom. The van der Waals surface area contributed by atoms with Crippen molar-refractivity contribution in [2.45, 2.75) is 88.5 Å². The molecule has 0 radical (unpaired) electrons. The molecule has 2 rings (SSSR count). The summed E-state index contributed by atoms with van der Waals surface area (Å²) in [5.41, 5.74) is 14.8. The minimum Gasteiger partial charge on any atom is -0.252 e. The Bertz CT molecular complexity index is 838. The quantitative estimate of drug-likeness (QED) is 0.572. The zero-order chi connectivity index (χ0) is 20.1. The molecule has 142 valence electrons. The molecule has 0 atom stereocenters. The van der Waals surface area contributed by atoms with Crippen molar-refractivity contribution in [3.8, 4) is 11.3 Å². The van der Waals surface area contributed by atoms with E-state index in [0.717, 1.165) is 0 Å². The Morgan fingerprint density at radius 3 is 1.38 bits per heavy atom. The third-order valence-corrected chi connectivity index (χ3v) is 7.35. The number of hydrogen-bond donors (Lipinski definition) is 0. The minimum atomic E-state index is 0.0495. The van der Waals surface area contributed by atoms with Gasteiger partial charge in [-0.05, 0) is 106 Å². The van der Waals surface area contributed by atoms with Gasteiger partial charge in [-0.15, -0.1) is 0 Å². The van der Waals surface area contributed by atoms with Gasteiger partial charge >= 0.3 is 0 Å². The lowest BCUT2D eigenvalue weighted by Gasteiger charge is -2.32. The number of aromatic nitrogens is 1. The maximum absolute atomic E-state index is 5.33. The van der Waals surface area contributed by atoms with Gasteiger partial charge in [0.25, 0.3) is 0 Å². The molecule has 0 spiro atoms. The highest BCUT2D eigenvalue weighted by molar-refractivity contribution is 5.75. The van der Waals surface area contributed by atoms with Crippen molar-refractivity contribution in [3.63, 3.8) is 0 Å². The van der Waals surface area contributed by atoms with Crippen LogP contribution in [0.2, 0.25) is 0 Å². The van der Waals surface area contributed by atoms with Crippen molar-refractivity contribution < 1.29 is 0 Å². The molecule has 0 N–H and O–H groups in total. The van der Waals surface area contributed by atoms with Crippen LogP contribution in [0.15, 0.2) is 0 Å². The van der Waals surface area contributed by atoms with Crippen molar-refractivity contribution in [1.29, 1.82) is 0 Å². The van der Waals surface area contributed by atoms with E-state index in [2.05, 4.69) is 83.1 Å². The van der Waals surface area contributed by atoms with Crippen LogP contribution < -0.4 is 0 Å². The maximum Gasteiger partial charge on any atom is 0.0743 e. The van der Waals surface area contributed by atoms with E-state index in [0.29, 0.717) is 5.92 Å². The van der Waals surface area contributed by atoms with E-state index >= 15 is 0 Å². The molecule has 0 saturated carbocycles. The Kier molecular flexibility index (Phi) is 5.43. The smallest absolute Gasteiger partial charge is 0.0743 e. The Morgan fingerprint density at radius 2 is 0.962 bits per heavy atom. The third-order valence-electron chi connectivity index (χ3n) is 7.35. The van der Waals surface area contributed by atoms with Gasteiger partial charge in [-0.1, -0.05) is 27.7 Å². The fourth-order valence-electron chi connectivity index (χ4n) is 3.92.